The van der Waals surface area contributed by atoms with E-state index in [1.54, 1.807) is 45.4 Å². The molecular formula is C33H36FN9O2S. The third-order valence-corrected chi connectivity index (χ3v) is 9.63. The van der Waals surface area contributed by atoms with Crippen molar-refractivity contribution in [3.05, 3.63) is 83.0 Å². The minimum Gasteiger partial charge on any atom is -0.398 e. The fraction of sp³-hybridized carbons (Fsp3) is 0.333. The van der Waals surface area contributed by atoms with Gasteiger partial charge in [-0.05, 0) is 74.3 Å². The van der Waals surface area contributed by atoms with Crippen molar-refractivity contribution in [3.8, 4) is 10.7 Å². The number of nitrogen functional groups attached to an aromatic ring is 1. The first-order valence-electron chi connectivity index (χ1n) is 15.3. The van der Waals surface area contributed by atoms with Crippen LogP contribution in [0.2, 0.25) is 0 Å². The molecule has 2 aliphatic heterocycles. The Labute approximate surface area is 270 Å². The Hall–Kier alpha value is -4.75. The zero-order chi connectivity index (χ0) is 32.4. The van der Waals surface area contributed by atoms with Crippen LogP contribution in [-0.2, 0) is 16.6 Å². The molecule has 238 valence electrons. The van der Waals surface area contributed by atoms with Crippen LogP contribution in [0.4, 0.5) is 15.8 Å². The van der Waals surface area contributed by atoms with Gasteiger partial charge in [-0.15, -0.1) is 11.3 Å². The summed E-state index contributed by atoms with van der Waals surface area (Å²) in [7, 11) is 1.85. The first-order valence-corrected chi connectivity index (χ1v) is 16.1. The molecule has 0 unspecified atom stereocenters. The lowest BCUT2D eigenvalue weighted by atomic mass is 10.0. The van der Waals surface area contributed by atoms with Gasteiger partial charge in [-0.3, -0.25) is 29.6 Å². The van der Waals surface area contributed by atoms with E-state index in [1.807, 2.05) is 24.9 Å². The van der Waals surface area contributed by atoms with Crippen LogP contribution in [0.15, 0.2) is 61.1 Å². The van der Waals surface area contributed by atoms with Gasteiger partial charge in [0.1, 0.15) is 12.1 Å². The van der Waals surface area contributed by atoms with Crippen LogP contribution in [0, 0.1) is 17.1 Å². The number of aryl methyl sites for hydroxylation is 1. The van der Waals surface area contributed by atoms with E-state index in [-0.39, 0.29) is 35.7 Å². The topological polar surface area (TPSA) is 137 Å². The minimum absolute atomic E-state index is 0.0265. The molecule has 1 saturated heterocycles. The number of aromatic nitrogens is 4. The van der Waals surface area contributed by atoms with Crippen molar-refractivity contribution in [1.82, 2.24) is 29.5 Å². The number of carbonyl (C=O) groups excluding carboxylic acids is 2. The normalized spacial score (nSPS) is 16.8. The molecule has 0 spiro atoms. The zero-order valence-electron chi connectivity index (χ0n) is 25.8. The van der Waals surface area contributed by atoms with Crippen LogP contribution in [0.25, 0.3) is 16.3 Å². The van der Waals surface area contributed by atoms with Gasteiger partial charge < -0.3 is 15.5 Å². The second kappa shape index (κ2) is 13.3. The van der Waals surface area contributed by atoms with Crippen molar-refractivity contribution in [2.75, 3.05) is 49.9 Å². The van der Waals surface area contributed by atoms with E-state index >= 15 is 0 Å². The molecule has 0 saturated carbocycles. The largest absolute Gasteiger partial charge is 0.398 e. The van der Waals surface area contributed by atoms with Crippen LogP contribution in [0.1, 0.15) is 35.9 Å². The fourth-order valence-corrected chi connectivity index (χ4v) is 6.96. The maximum atomic E-state index is 13.7. The van der Waals surface area contributed by atoms with Crippen molar-refractivity contribution >= 4 is 45.8 Å². The van der Waals surface area contributed by atoms with E-state index < -0.39 is 5.82 Å². The number of nitrogens with one attached hydrogen (secondary N) is 1. The smallest absolute Gasteiger partial charge is 0.237 e. The molecule has 1 atom stereocenters. The number of anilines is 2. The van der Waals surface area contributed by atoms with Crippen molar-refractivity contribution < 1.29 is 14.0 Å². The molecule has 0 aliphatic carbocycles. The summed E-state index contributed by atoms with van der Waals surface area (Å²) in [5.74, 6) is 0.0206. The predicted octanol–water partition coefficient (Wildman–Crippen LogP) is 4.07. The highest BCUT2D eigenvalue weighted by Crippen LogP contribution is 2.33. The fourth-order valence-electron chi connectivity index (χ4n) is 5.95. The van der Waals surface area contributed by atoms with Gasteiger partial charge in [0, 0.05) is 55.0 Å². The molecule has 0 radical (unpaired) electrons. The van der Waals surface area contributed by atoms with Crippen LogP contribution >= 0.6 is 11.3 Å². The molecule has 1 fully saturated rings. The molecule has 13 heteroatoms. The van der Waals surface area contributed by atoms with E-state index in [2.05, 4.69) is 32.1 Å². The van der Waals surface area contributed by atoms with Crippen LogP contribution in [0.3, 0.4) is 0 Å². The lowest BCUT2D eigenvalue weighted by Crippen LogP contribution is -2.42. The molecule has 4 aromatic rings. The molecule has 2 amide bonds. The first kappa shape index (κ1) is 31.2. The zero-order valence-corrected chi connectivity index (χ0v) is 26.6. The molecule has 5 heterocycles. The molecule has 2 aliphatic rings. The number of benzene rings is 1. The summed E-state index contributed by atoms with van der Waals surface area (Å²) < 4.78 is 15.1. The maximum Gasteiger partial charge on any atom is 0.237 e. The third-order valence-electron chi connectivity index (χ3n) is 8.47. The number of nitrogens with two attached hydrogens (primary N) is 1. The number of nitrogens with zero attached hydrogens (tertiary/aromatic N) is 7. The van der Waals surface area contributed by atoms with Crippen LogP contribution in [0.5, 0.6) is 0 Å². The van der Waals surface area contributed by atoms with Gasteiger partial charge in [0.05, 0.1) is 34.9 Å². The van der Waals surface area contributed by atoms with E-state index in [0.717, 1.165) is 23.3 Å². The summed E-state index contributed by atoms with van der Waals surface area (Å²) >= 11 is 1.66. The number of carbonyl (C=O) groups is 2. The van der Waals surface area contributed by atoms with Crippen molar-refractivity contribution in [3.63, 3.8) is 0 Å². The van der Waals surface area contributed by atoms with Crippen molar-refractivity contribution in [2.45, 2.75) is 19.8 Å². The molecule has 3 aromatic heterocycles. The number of hydrogen-bond donors (Lipinski definition) is 2. The number of likely N-dealkylation sites (tertiary alicyclic amines) is 1. The first-order chi connectivity index (χ1) is 22.2. The molecule has 6 rings (SSSR count). The third kappa shape index (κ3) is 6.60. The average molecular weight is 642 g/mol. The van der Waals surface area contributed by atoms with Crippen molar-refractivity contribution in [1.29, 1.82) is 5.41 Å². The van der Waals surface area contributed by atoms with E-state index in [4.69, 9.17) is 11.1 Å². The van der Waals surface area contributed by atoms with E-state index in [1.165, 1.54) is 22.6 Å². The predicted molar refractivity (Wildman–Crippen MR) is 177 cm³/mol. The SMILES string of the molecule is CCN(C(=O)[C@@H]1CCN(CC(=O)N2CC=C(c3ccc(-c4ncn(C)n4)s3)CC2)C1)c1ccc(N)c(C(=N)c2ccc(F)cn2)c1. The van der Waals surface area contributed by atoms with Gasteiger partial charge in [-0.25, -0.2) is 9.37 Å². The molecule has 1 aromatic carbocycles. The molecular weight excluding hydrogens is 605 g/mol. The Morgan fingerprint density at radius 1 is 1.13 bits per heavy atom. The van der Waals surface area contributed by atoms with Gasteiger partial charge in [-0.2, -0.15) is 5.10 Å². The molecule has 0 bridgehead atoms. The van der Waals surface area contributed by atoms with E-state index in [9.17, 15) is 14.0 Å². The minimum atomic E-state index is -0.488. The number of thiophene rings is 1. The standard InChI is InChI=1S/C33H36FN9O2S/c1-3-43(24-5-6-26(35)25(16-24)31(36)27-7-4-23(34)17-37-27)33(45)22-10-13-41(18-22)19-30(44)42-14-11-21(12-15-42)28-8-9-29(46-28)32-38-20-40(2)39-32/h4-9,11,16-17,20,22,36H,3,10,12-15,18-19,35H2,1-2H3/t22-/m1/s1. The van der Waals surface area contributed by atoms with Gasteiger partial charge in [0.2, 0.25) is 11.8 Å². The maximum absolute atomic E-state index is 13.7. The van der Waals surface area contributed by atoms with Crippen molar-refractivity contribution in [2.24, 2.45) is 13.0 Å². The lowest BCUT2D eigenvalue weighted by Gasteiger charge is -2.28. The quantitative estimate of drug-likeness (QED) is 0.208. The number of rotatable bonds is 9. The summed E-state index contributed by atoms with van der Waals surface area (Å²) in [4.78, 5) is 43.1. The average Bonchev–Trinajstić information content (AvgIpc) is 3.84. The summed E-state index contributed by atoms with van der Waals surface area (Å²) in [6, 6.07) is 12.0. The Bertz CT molecular complexity index is 1800. The second-order valence-electron chi connectivity index (χ2n) is 11.5. The summed E-state index contributed by atoms with van der Waals surface area (Å²) in [5, 5.41) is 13.0. The number of pyridine rings is 1. The monoisotopic (exact) mass is 641 g/mol. The van der Waals surface area contributed by atoms with Crippen LogP contribution in [-0.4, -0.2) is 86.3 Å². The Morgan fingerprint density at radius 2 is 1.96 bits per heavy atom. The summed E-state index contributed by atoms with van der Waals surface area (Å²) in [6.45, 7) is 5.01. The highest BCUT2D eigenvalue weighted by molar-refractivity contribution is 7.16. The van der Waals surface area contributed by atoms with E-state index in [0.29, 0.717) is 56.1 Å². The summed E-state index contributed by atoms with van der Waals surface area (Å²) in [6.07, 6.45) is 6.33. The number of halogens is 1. The summed E-state index contributed by atoms with van der Waals surface area (Å²) in [5.41, 5.74) is 9.18. The number of amides is 2. The lowest BCUT2D eigenvalue weighted by molar-refractivity contribution is -0.132. The van der Waals surface area contributed by atoms with Crippen LogP contribution < -0.4 is 10.6 Å². The van der Waals surface area contributed by atoms with Gasteiger partial charge in [0.15, 0.2) is 5.82 Å². The van der Waals surface area contributed by atoms with Gasteiger partial charge in [0.25, 0.3) is 0 Å². The number of hydrogen-bond acceptors (Lipinski definition) is 9. The molecule has 46 heavy (non-hydrogen) atoms. The molecule has 11 nitrogen and oxygen atoms in total. The highest BCUT2D eigenvalue weighted by atomic mass is 32.1. The highest BCUT2D eigenvalue weighted by Gasteiger charge is 2.33. The Kier molecular flexibility index (Phi) is 9.04. The second-order valence-corrected chi connectivity index (χ2v) is 12.6. The Balaban J connectivity index is 1.05. The Morgan fingerprint density at radius 3 is 2.65 bits per heavy atom. The van der Waals surface area contributed by atoms with Gasteiger partial charge >= 0.3 is 0 Å². The molecule has 3 N–H and O–H groups in total. The van der Waals surface area contributed by atoms with Gasteiger partial charge in [-0.1, -0.05) is 6.08 Å².